The Morgan fingerprint density at radius 1 is 1.47 bits per heavy atom. The molecule has 0 aromatic heterocycles. The molecule has 0 radical (unpaired) electrons. The minimum absolute atomic E-state index is 0.0747. The van der Waals surface area contributed by atoms with E-state index in [1.807, 2.05) is 24.0 Å². The quantitative estimate of drug-likeness (QED) is 0.905. The van der Waals surface area contributed by atoms with Crippen molar-refractivity contribution in [2.45, 2.75) is 32.7 Å². The zero-order valence-corrected chi connectivity index (χ0v) is 12.3. The zero-order valence-electron chi connectivity index (χ0n) is 11.5. The highest BCUT2D eigenvalue weighted by atomic mass is 35.5. The molecule has 0 saturated carbocycles. The highest BCUT2D eigenvalue weighted by Crippen LogP contribution is 2.25. The molecule has 4 heteroatoms. The van der Waals surface area contributed by atoms with Gasteiger partial charge in [-0.2, -0.15) is 0 Å². The van der Waals surface area contributed by atoms with Crippen molar-refractivity contribution in [3.63, 3.8) is 0 Å². The molecule has 0 spiro atoms. The lowest BCUT2D eigenvalue weighted by molar-refractivity contribution is 0.0566. The van der Waals surface area contributed by atoms with Gasteiger partial charge in [0.2, 0.25) is 0 Å². The maximum Gasteiger partial charge on any atom is 0.254 e. The Morgan fingerprint density at radius 2 is 2.21 bits per heavy atom. The molecule has 2 N–H and O–H groups in total. The lowest BCUT2D eigenvalue weighted by Gasteiger charge is -2.38. The van der Waals surface area contributed by atoms with Crippen molar-refractivity contribution in [1.29, 1.82) is 0 Å². The Morgan fingerprint density at radius 3 is 2.89 bits per heavy atom. The molecule has 2 atom stereocenters. The molecule has 104 valence electrons. The van der Waals surface area contributed by atoms with Gasteiger partial charge in [0.1, 0.15) is 0 Å². The number of amides is 1. The van der Waals surface area contributed by atoms with E-state index >= 15 is 0 Å². The van der Waals surface area contributed by atoms with Gasteiger partial charge in [-0.05, 0) is 56.8 Å². The lowest BCUT2D eigenvalue weighted by atomic mass is 9.92. The number of benzene rings is 1. The smallest absolute Gasteiger partial charge is 0.254 e. The van der Waals surface area contributed by atoms with Crippen LogP contribution in [0.15, 0.2) is 18.2 Å². The second kappa shape index (κ2) is 5.93. The molecule has 1 fully saturated rings. The first-order valence-corrected chi connectivity index (χ1v) is 7.18. The molecule has 1 aromatic rings. The molecule has 0 aliphatic carbocycles. The first-order chi connectivity index (χ1) is 9.02. The zero-order chi connectivity index (χ0) is 14.0. The van der Waals surface area contributed by atoms with Crippen molar-refractivity contribution in [2.75, 3.05) is 13.1 Å². The van der Waals surface area contributed by atoms with Crippen molar-refractivity contribution in [3.8, 4) is 0 Å². The lowest BCUT2D eigenvalue weighted by Crippen LogP contribution is -2.47. The number of nitrogens with two attached hydrogens (primary N) is 1. The topological polar surface area (TPSA) is 46.3 Å². The van der Waals surface area contributed by atoms with Gasteiger partial charge in [0, 0.05) is 23.2 Å². The van der Waals surface area contributed by atoms with Gasteiger partial charge in [-0.25, -0.2) is 0 Å². The van der Waals surface area contributed by atoms with E-state index in [4.69, 9.17) is 17.3 Å². The number of hydrogen-bond acceptors (Lipinski definition) is 2. The third kappa shape index (κ3) is 3.10. The number of hydrogen-bond donors (Lipinski definition) is 1. The Hall–Kier alpha value is -1.06. The van der Waals surface area contributed by atoms with Crippen LogP contribution in [-0.2, 0) is 0 Å². The van der Waals surface area contributed by atoms with E-state index in [9.17, 15) is 4.79 Å². The van der Waals surface area contributed by atoms with Crippen LogP contribution < -0.4 is 5.73 Å². The van der Waals surface area contributed by atoms with Gasteiger partial charge in [-0.15, -0.1) is 0 Å². The maximum absolute atomic E-state index is 12.7. The van der Waals surface area contributed by atoms with Gasteiger partial charge in [0.15, 0.2) is 0 Å². The van der Waals surface area contributed by atoms with Crippen LogP contribution in [0.25, 0.3) is 0 Å². The summed E-state index contributed by atoms with van der Waals surface area (Å²) in [6.45, 7) is 5.44. The number of likely N-dealkylation sites (tertiary alicyclic amines) is 1. The van der Waals surface area contributed by atoms with Crippen molar-refractivity contribution in [1.82, 2.24) is 4.90 Å². The summed E-state index contributed by atoms with van der Waals surface area (Å²) in [5.41, 5.74) is 7.42. The fraction of sp³-hybridized carbons (Fsp3) is 0.533. The summed E-state index contributed by atoms with van der Waals surface area (Å²) >= 11 is 6.00. The summed E-state index contributed by atoms with van der Waals surface area (Å²) in [6.07, 6.45) is 2.13. The normalized spacial score (nSPS) is 23.5. The number of aryl methyl sites for hydroxylation is 1. The van der Waals surface area contributed by atoms with Crippen molar-refractivity contribution in [2.24, 2.45) is 11.7 Å². The molecule has 2 unspecified atom stereocenters. The van der Waals surface area contributed by atoms with E-state index in [0.717, 1.165) is 24.9 Å². The second-order valence-corrected chi connectivity index (χ2v) is 5.88. The number of nitrogens with zero attached hydrogens (tertiary/aromatic N) is 1. The predicted octanol–water partition coefficient (Wildman–Crippen LogP) is 2.85. The van der Waals surface area contributed by atoms with E-state index in [0.29, 0.717) is 23.0 Å². The minimum atomic E-state index is 0.0747. The van der Waals surface area contributed by atoms with Crippen molar-refractivity contribution >= 4 is 17.5 Å². The molecule has 3 nitrogen and oxygen atoms in total. The molecular formula is C15H21ClN2O. The minimum Gasteiger partial charge on any atom is -0.336 e. The summed E-state index contributed by atoms with van der Waals surface area (Å²) in [6, 6.07) is 5.74. The number of halogens is 1. The van der Waals surface area contributed by atoms with E-state index in [2.05, 4.69) is 6.92 Å². The fourth-order valence-corrected chi connectivity index (χ4v) is 2.81. The van der Waals surface area contributed by atoms with Gasteiger partial charge < -0.3 is 10.6 Å². The number of piperidine rings is 1. The largest absolute Gasteiger partial charge is 0.336 e. The Labute approximate surface area is 119 Å². The second-order valence-electron chi connectivity index (χ2n) is 5.44. The number of rotatable bonds is 2. The average molecular weight is 281 g/mol. The number of carbonyl (C=O) groups excluding carboxylic acids is 1. The van der Waals surface area contributed by atoms with E-state index in [-0.39, 0.29) is 11.9 Å². The first-order valence-electron chi connectivity index (χ1n) is 6.80. The van der Waals surface area contributed by atoms with Gasteiger partial charge >= 0.3 is 0 Å². The monoisotopic (exact) mass is 280 g/mol. The molecule has 1 aromatic carbocycles. The van der Waals surface area contributed by atoms with Crippen molar-refractivity contribution < 1.29 is 4.79 Å². The molecule has 1 aliphatic rings. The predicted molar refractivity (Wildman–Crippen MR) is 78.5 cm³/mol. The van der Waals surface area contributed by atoms with E-state index in [1.165, 1.54) is 0 Å². The average Bonchev–Trinajstić information content (AvgIpc) is 2.41. The highest BCUT2D eigenvalue weighted by Gasteiger charge is 2.29. The van der Waals surface area contributed by atoms with Crippen molar-refractivity contribution in [3.05, 3.63) is 34.3 Å². The summed E-state index contributed by atoms with van der Waals surface area (Å²) in [7, 11) is 0. The highest BCUT2D eigenvalue weighted by molar-refractivity contribution is 6.31. The summed E-state index contributed by atoms with van der Waals surface area (Å²) < 4.78 is 0. The number of carbonyl (C=O) groups is 1. The Bertz CT molecular complexity index is 475. The SMILES string of the molecule is Cc1ccc(Cl)cc1C(=O)N1CC(CN)CCC1C. The molecule has 2 rings (SSSR count). The Balaban J connectivity index is 2.24. The van der Waals surface area contributed by atoms with Crippen LogP contribution in [0, 0.1) is 12.8 Å². The maximum atomic E-state index is 12.7. The van der Waals surface area contributed by atoms with Crippen LogP contribution in [-0.4, -0.2) is 29.9 Å². The van der Waals surface area contributed by atoms with E-state index in [1.54, 1.807) is 6.07 Å². The van der Waals surface area contributed by atoms with Crippen LogP contribution in [0.3, 0.4) is 0 Å². The molecule has 1 amide bonds. The Kier molecular flexibility index (Phi) is 4.48. The van der Waals surface area contributed by atoms with Crippen LogP contribution in [0.5, 0.6) is 0 Å². The van der Waals surface area contributed by atoms with Crippen LogP contribution in [0.1, 0.15) is 35.7 Å². The third-order valence-electron chi connectivity index (χ3n) is 4.00. The van der Waals surface area contributed by atoms with Crippen LogP contribution in [0.4, 0.5) is 0 Å². The molecule has 0 bridgehead atoms. The van der Waals surface area contributed by atoms with E-state index < -0.39 is 0 Å². The summed E-state index contributed by atoms with van der Waals surface area (Å²) in [5.74, 6) is 0.491. The summed E-state index contributed by atoms with van der Waals surface area (Å²) in [5, 5.41) is 0.606. The van der Waals surface area contributed by atoms with Crippen LogP contribution >= 0.6 is 11.6 Å². The molecular weight excluding hydrogens is 260 g/mol. The third-order valence-corrected chi connectivity index (χ3v) is 4.24. The molecule has 1 aliphatic heterocycles. The van der Waals surface area contributed by atoms with Gasteiger partial charge in [0.25, 0.3) is 5.91 Å². The fourth-order valence-electron chi connectivity index (χ4n) is 2.64. The van der Waals surface area contributed by atoms with Gasteiger partial charge in [-0.3, -0.25) is 4.79 Å². The first kappa shape index (κ1) is 14.4. The van der Waals surface area contributed by atoms with Crippen LogP contribution in [0.2, 0.25) is 5.02 Å². The molecule has 1 saturated heterocycles. The van der Waals surface area contributed by atoms with Gasteiger partial charge in [0.05, 0.1) is 0 Å². The molecule has 19 heavy (non-hydrogen) atoms. The standard InChI is InChI=1S/C15H21ClN2O/c1-10-3-6-13(16)7-14(10)15(19)18-9-12(8-17)5-4-11(18)2/h3,6-7,11-12H,4-5,8-9,17H2,1-2H3. The van der Waals surface area contributed by atoms with Gasteiger partial charge in [-0.1, -0.05) is 17.7 Å². The molecule has 1 heterocycles. The summed E-state index contributed by atoms with van der Waals surface area (Å²) in [4.78, 5) is 14.6.